The molecule has 0 saturated carbocycles. The Bertz CT molecular complexity index is 418. The van der Waals surface area contributed by atoms with E-state index in [1.54, 1.807) is 11.8 Å². The maximum atomic E-state index is 12.1. The van der Waals surface area contributed by atoms with Crippen molar-refractivity contribution in [3.05, 3.63) is 30.3 Å². The van der Waals surface area contributed by atoms with E-state index in [-0.39, 0.29) is 24.8 Å². The Morgan fingerprint density at radius 2 is 1.95 bits per heavy atom. The third kappa shape index (κ3) is 5.52. The van der Waals surface area contributed by atoms with Gasteiger partial charge in [-0.25, -0.2) is 0 Å². The highest BCUT2D eigenvalue weighted by atomic mass is 16.4. The van der Waals surface area contributed by atoms with Gasteiger partial charge in [0.1, 0.15) is 0 Å². The Morgan fingerprint density at radius 1 is 1.32 bits per heavy atom. The summed E-state index contributed by atoms with van der Waals surface area (Å²) in [5.41, 5.74) is 6.42. The largest absolute Gasteiger partial charge is 0.481 e. The van der Waals surface area contributed by atoms with Crippen LogP contribution < -0.4 is 10.6 Å². The Hall–Kier alpha value is -1.88. The van der Waals surface area contributed by atoms with Gasteiger partial charge in [-0.15, -0.1) is 0 Å². The first-order chi connectivity index (χ1) is 9.00. The smallest absolute Gasteiger partial charge is 0.303 e. The summed E-state index contributed by atoms with van der Waals surface area (Å²) in [4.78, 5) is 24.3. The molecule has 1 amide bonds. The Kier molecular flexibility index (Phi) is 6.02. The molecule has 0 fully saturated rings. The van der Waals surface area contributed by atoms with Crippen LogP contribution in [0.5, 0.6) is 0 Å². The van der Waals surface area contributed by atoms with Gasteiger partial charge < -0.3 is 15.7 Å². The Balaban J connectivity index is 2.73. The van der Waals surface area contributed by atoms with Crippen LogP contribution in [0.2, 0.25) is 0 Å². The topological polar surface area (TPSA) is 83.6 Å². The van der Waals surface area contributed by atoms with Crippen molar-refractivity contribution in [2.45, 2.75) is 32.2 Å². The Labute approximate surface area is 113 Å². The molecule has 1 rings (SSSR count). The third-order valence-corrected chi connectivity index (χ3v) is 2.64. The van der Waals surface area contributed by atoms with E-state index in [1.165, 1.54) is 0 Å². The molecule has 1 atom stereocenters. The van der Waals surface area contributed by atoms with Crippen LogP contribution in [-0.4, -0.2) is 29.6 Å². The van der Waals surface area contributed by atoms with Gasteiger partial charge in [0, 0.05) is 31.1 Å². The van der Waals surface area contributed by atoms with Gasteiger partial charge in [-0.05, 0) is 25.5 Å². The predicted octanol–water partition coefficient (Wildman–Crippen LogP) is 1.62. The standard InChI is InChI=1S/C14H20N2O3/c1-11(15)10-13(17)16(9-5-8-14(18)19)12-6-3-2-4-7-12/h2-4,6-7,11H,5,8-10,15H2,1H3,(H,18,19). The molecule has 0 saturated heterocycles. The molecule has 19 heavy (non-hydrogen) atoms. The second-order valence-electron chi connectivity index (χ2n) is 4.56. The van der Waals surface area contributed by atoms with Crippen LogP contribution in [-0.2, 0) is 9.59 Å². The van der Waals surface area contributed by atoms with Crippen molar-refractivity contribution in [3.63, 3.8) is 0 Å². The zero-order valence-electron chi connectivity index (χ0n) is 11.1. The van der Waals surface area contributed by atoms with E-state index in [2.05, 4.69) is 0 Å². The number of aliphatic carboxylic acids is 1. The maximum absolute atomic E-state index is 12.1. The van der Waals surface area contributed by atoms with Crippen LogP contribution >= 0.6 is 0 Å². The van der Waals surface area contributed by atoms with Crippen molar-refractivity contribution in [1.82, 2.24) is 0 Å². The molecule has 0 aliphatic heterocycles. The summed E-state index contributed by atoms with van der Waals surface area (Å²) >= 11 is 0. The van der Waals surface area contributed by atoms with Gasteiger partial charge in [-0.3, -0.25) is 9.59 Å². The number of carbonyl (C=O) groups is 2. The van der Waals surface area contributed by atoms with E-state index < -0.39 is 5.97 Å². The summed E-state index contributed by atoms with van der Waals surface area (Å²) in [6, 6.07) is 9.02. The van der Waals surface area contributed by atoms with Gasteiger partial charge in [0.15, 0.2) is 0 Å². The number of nitrogens with zero attached hydrogens (tertiary/aromatic N) is 1. The first kappa shape index (κ1) is 15.2. The molecular formula is C14H20N2O3. The molecule has 0 radical (unpaired) electrons. The van der Waals surface area contributed by atoms with Crippen molar-refractivity contribution in [2.75, 3.05) is 11.4 Å². The molecule has 0 heterocycles. The van der Waals surface area contributed by atoms with E-state index in [4.69, 9.17) is 10.8 Å². The normalized spacial score (nSPS) is 11.9. The fourth-order valence-electron chi connectivity index (χ4n) is 1.78. The Morgan fingerprint density at radius 3 is 2.47 bits per heavy atom. The van der Waals surface area contributed by atoms with Crippen LogP contribution in [0.3, 0.4) is 0 Å². The molecule has 0 aromatic heterocycles. The van der Waals surface area contributed by atoms with Gasteiger partial charge in [-0.1, -0.05) is 18.2 Å². The lowest BCUT2D eigenvalue weighted by atomic mass is 10.2. The minimum Gasteiger partial charge on any atom is -0.481 e. The van der Waals surface area contributed by atoms with Gasteiger partial charge in [0.25, 0.3) is 0 Å². The lowest BCUT2D eigenvalue weighted by Crippen LogP contribution is -2.35. The number of amides is 1. The second-order valence-corrected chi connectivity index (χ2v) is 4.56. The van der Waals surface area contributed by atoms with Gasteiger partial charge in [0.2, 0.25) is 5.91 Å². The summed E-state index contributed by atoms with van der Waals surface area (Å²) < 4.78 is 0. The molecule has 1 unspecified atom stereocenters. The quantitative estimate of drug-likeness (QED) is 0.784. The van der Waals surface area contributed by atoms with Crippen molar-refractivity contribution >= 4 is 17.6 Å². The number of nitrogens with two attached hydrogens (primary N) is 1. The number of benzene rings is 1. The zero-order valence-corrected chi connectivity index (χ0v) is 11.1. The first-order valence-electron chi connectivity index (χ1n) is 6.33. The number of para-hydroxylation sites is 1. The highest BCUT2D eigenvalue weighted by Crippen LogP contribution is 2.16. The average Bonchev–Trinajstić information content (AvgIpc) is 2.34. The average molecular weight is 264 g/mol. The monoisotopic (exact) mass is 264 g/mol. The van der Waals surface area contributed by atoms with Crippen molar-refractivity contribution < 1.29 is 14.7 Å². The molecule has 0 aliphatic carbocycles. The van der Waals surface area contributed by atoms with Gasteiger partial charge >= 0.3 is 5.97 Å². The molecular weight excluding hydrogens is 244 g/mol. The lowest BCUT2D eigenvalue weighted by Gasteiger charge is -2.23. The van der Waals surface area contributed by atoms with E-state index in [1.807, 2.05) is 30.3 Å². The van der Waals surface area contributed by atoms with Crippen LogP contribution in [0.4, 0.5) is 5.69 Å². The molecule has 0 aliphatic rings. The summed E-state index contributed by atoms with van der Waals surface area (Å²) in [5, 5.41) is 8.66. The molecule has 1 aromatic carbocycles. The molecule has 0 bridgehead atoms. The molecule has 3 N–H and O–H groups in total. The van der Waals surface area contributed by atoms with Gasteiger partial charge in [0.05, 0.1) is 0 Å². The minimum atomic E-state index is -0.854. The number of carboxylic acids is 1. The molecule has 5 nitrogen and oxygen atoms in total. The minimum absolute atomic E-state index is 0.0504. The van der Waals surface area contributed by atoms with Crippen LogP contribution in [0, 0.1) is 0 Å². The molecule has 0 spiro atoms. The van der Waals surface area contributed by atoms with Crippen molar-refractivity contribution in [2.24, 2.45) is 5.73 Å². The first-order valence-corrected chi connectivity index (χ1v) is 6.33. The van der Waals surface area contributed by atoms with E-state index >= 15 is 0 Å². The maximum Gasteiger partial charge on any atom is 0.303 e. The number of carbonyl (C=O) groups excluding carboxylic acids is 1. The van der Waals surface area contributed by atoms with Crippen molar-refractivity contribution in [3.8, 4) is 0 Å². The summed E-state index contributed by atoms with van der Waals surface area (Å²) in [5.74, 6) is -0.931. The van der Waals surface area contributed by atoms with Crippen LogP contribution in [0.25, 0.3) is 0 Å². The highest BCUT2D eigenvalue weighted by Gasteiger charge is 2.16. The number of hydrogen-bond acceptors (Lipinski definition) is 3. The SMILES string of the molecule is CC(N)CC(=O)N(CCCC(=O)O)c1ccccc1. The molecule has 5 heteroatoms. The summed E-state index contributed by atoms with van der Waals surface area (Å²) in [7, 11) is 0. The van der Waals surface area contributed by atoms with Crippen LogP contribution in [0.1, 0.15) is 26.2 Å². The number of anilines is 1. The predicted molar refractivity (Wildman–Crippen MR) is 73.9 cm³/mol. The fraction of sp³-hybridized carbons (Fsp3) is 0.429. The number of rotatable bonds is 7. The van der Waals surface area contributed by atoms with Crippen LogP contribution in [0.15, 0.2) is 30.3 Å². The lowest BCUT2D eigenvalue weighted by molar-refractivity contribution is -0.137. The van der Waals surface area contributed by atoms with E-state index in [0.29, 0.717) is 13.0 Å². The summed E-state index contributed by atoms with van der Waals surface area (Å²) in [6.07, 6.45) is 0.728. The number of hydrogen-bond donors (Lipinski definition) is 2. The number of carboxylic acid groups (broad SMARTS) is 1. The highest BCUT2D eigenvalue weighted by molar-refractivity contribution is 5.93. The van der Waals surface area contributed by atoms with Gasteiger partial charge in [-0.2, -0.15) is 0 Å². The summed E-state index contributed by atoms with van der Waals surface area (Å²) in [6.45, 7) is 2.17. The van der Waals surface area contributed by atoms with E-state index in [0.717, 1.165) is 5.69 Å². The van der Waals surface area contributed by atoms with E-state index in [9.17, 15) is 9.59 Å². The van der Waals surface area contributed by atoms with Crippen molar-refractivity contribution in [1.29, 1.82) is 0 Å². The molecule has 104 valence electrons. The fourth-order valence-corrected chi connectivity index (χ4v) is 1.78. The molecule has 1 aromatic rings. The zero-order chi connectivity index (χ0) is 14.3. The second kappa shape index (κ2) is 7.53. The third-order valence-electron chi connectivity index (χ3n) is 2.64.